The van der Waals surface area contributed by atoms with Crippen LogP contribution in [0.2, 0.25) is 0 Å². The van der Waals surface area contributed by atoms with E-state index in [0.717, 1.165) is 44.6 Å². The Balaban J connectivity index is 1.39. The van der Waals surface area contributed by atoms with Gasteiger partial charge in [0, 0.05) is 29.5 Å². The SMILES string of the molecule is COc1ccccc1-n1cnnc1SCC1CSc2nnc(-c3cccnc3)n21. The second kappa shape index (κ2) is 7.88. The Bertz CT molecular complexity index is 1130. The topological polar surface area (TPSA) is 83.5 Å². The van der Waals surface area contributed by atoms with Crippen LogP contribution in [0.5, 0.6) is 5.75 Å². The fraction of sp³-hybridized carbons (Fsp3) is 0.211. The van der Waals surface area contributed by atoms with Gasteiger partial charge in [0.2, 0.25) is 0 Å². The number of nitrogens with zero attached hydrogens (tertiary/aromatic N) is 7. The lowest BCUT2D eigenvalue weighted by molar-refractivity contribution is 0.412. The average molecular weight is 424 g/mol. The van der Waals surface area contributed by atoms with Crippen molar-refractivity contribution in [3.8, 4) is 22.8 Å². The van der Waals surface area contributed by atoms with Crippen molar-refractivity contribution in [2.24, 2.45) is 0 Å². The maximum atomic E-state index is 5.49. The third-order valence-corrected chi connectivity index (χ3v) is 6.80. The van der Waals surface area contributed by atoms with Crippen molar-refractivity contribution in [2.45, 2.75) is 16.4 Å². The van der Waals surface area contributed by atoms with Gasteiger partial charge in [0.1, 0.15) is 12.1 Å². The number of fused-ring (bicyclic) bond motifs is 1. The van der Waals surface area contributed by atoms with Crippen LogP contribution in [0.25, 0.3) is 17.1 Å². The largest absolute Gasteiger partial charge is 0.495 e. The molecule has 10 heteroatoms. The minimum absolute atomic E-state index is 0.257. The predicted octanol–water partition coefficient (Wildman–Crippen LogP) is 3.37. The van der Waals surface area contributed by atoms with Crippen LogP contribution in [0.4, 0.5) is 0 Å². The van der Waals surface area contributed by atoms with E-state index < -0.39 is 0 Å². The highest BCUT2D eigenvalue weighted by atomic mass is 32.2. The van der Waals surface area contributed by atoms with Gasteiger partial charge in [-0.2, -0.15) is 0 Å². The number of hydrogen-bond donors (Lipinski definition) is 0. The van der Waals surface area contributed by atoms with Crippen molar-refractivity contribution >= 4 is 23.5 Å². The molecule has 1 aromatic carbocycles. The molecule has 0 aliphatic carbocycles. The molecule has 4 heterocycles. The summed E-state index contributed by atoms with van der Waals surface area (Å²) in [4.78, 5) is 4.21. The van der Waals surface area contributed by atoms with Crippen LogP contribution in [0.15, 0.2) is 65.4 Å². The fourth-order valence-corrected chi connectivity index (χ4v) is 5.48. The van der Waals surface area contributed by atoms with E-state index in [1.807, 2.05) is 47.2 Å². The van der Waals surface area contributed by atoms with E-state index in [1.54, 1.807) is 43.2 Å². The van der Waals surface area contributed by atoms with E-state index in [-0.39, 0.29) is 6.04 Å². The van der Waals surface area contributed by atoms with Crippen LogP contribution >= 0.6 is 23.5 Å². The first-order chi connectivity index (χ1) is 14.3. The first kappa shape index (κ1) is 18.2. The Hall–Kier alpha value is -2.85. The predicted molar refractivity (Wildman–Crippen MR) is 112 cm³/mol. The molecular formula is C19H17N7OS2. The maximum Gasteiger partial charge on any atom is 0.195 e. The lowest BCUT2D eigenvalue weighted by Gasteiger charge is -2.15. The molecule has 1 unspecified atom stereocenters. The van der Waals surface area contributed by atoms with Crippen LogP contribution in [0.1, 0.15) is 6.04 Å². The number of thioether (sulfide) groups is 2. The Morgan fingerprint density at radius 2 is 2.10 bits per heavy atom. The van der Waals surface area contributed by atoms with Crippen LogP contribution < -0.4 is 4.74 Å². The number of benzene rings is 1. The van der Waals surface area contributed by atoms with Crippen LogP contribution in [-0.4, -0.2) is 53.1 Å². The van der Waals surface area contributed by atoms with E-state index in [9.17, 15) is 0 Å². The fourth-order valence-electron chi connectivity index (χ4n) is 3.25. The quantitative estimate of drug-likeness (QED) is 0.437. The van der Waals surface area contributed by atoms with Gasteiger partial charge in [-0.25, -0.2) is 0 Å². The third-order valence-electron chi connectivity index (χ3n) is 4.62. The highest BCUT2D eigenvalue weighted by Gasteiger charge is 2.29. The van der Waals surface area contributed by atoms with Crippen molar-refractivity contribution in [1.82, 2.24) is 34.5 Å². The van der Waals surface area contributed by atoms with Crippen LogP contribution in [-0.2, 0) is 0 Å². The summed E-state index contributed by atoms with van der Waals surface area (Å²) in [6.45, 7) is 0. The minimum atomic E-state index is 0.257. The zero-order valence-corrected chi connectivity index (χ0v) is 17.2. The molecule has 0 N–H and O–H groups in total. The van der Waals surface area contributed by atoms with Crippen molar-refractivity contribution < 1.29 is 4.74 Å². The molecule has 29 heavy (non-hydrogen) atoms. The Labute approximate surface area is 175 Å². The van der Waals surface area contributed by atoms with Crippen LogP contribution in [0, 0.1) is 0 Å². The van der Waals surface area contributed by atoms with E-state index in [2.05, 4.69) is 29.9 Å². The molecule has 0 spiro atoms. The van der Waals surface area contributed by atoms with Crippen molar-refractivity contribution in [2.75, 3.05) is 18.6 Å². The molecule has 0 radical (unpaired) electrons. The zero-order chi connectivity index (χ0) is 19.6. The molecule has 1 aliphatic heterocycles. The van der Waals surface area contributed by atoms with Gasteiger partial charge in [-0.15, -0.1) is 20.4 Å². The van der Waals surface area contributed by atoms with E-state index in [1.165, 1.54) is 0 Å². The van der Waals surface area contributed by atoms with Gasteiger partial charge in [-0.05, 0) is 24.3 Å². The molecule has 3 aromatic heterocycles. The molecule has 0 bridgehead atoms. The summed E-state index contributed by atoms with van der Waals surface area (Å²) in [5, 5.41) is 18.9. The molecular weight excluding hydrogens is 406 g/mol. The van der Waals surface area contributed by atoms with Gasteiger partial charge < -0.3 is 4.74 Å². The second-order valence-corrected chi connectivity index (χ2v) is 8.32. The van der Waals surface area contributed by atoms with Gasteiger partial charge in [-0.1, -0.05) is 35.7 Å². The molecule has 0 saturated carbocycles. The summed E-state index contributed by atoms with van der Waals surface area (Å²) >= 11 is 3.39. The molecule has 1 aliphatic rings. The Morgan fingerprint density at radius 1 is 1.17 bits per heavy atom. The number of pyridine rings is 1. The van der Waals surface area contributed by atoms with Gasteiger partial charge in [0.05, 0.1) is 18.8 Å². The molecule has 0 saturated heterocycles. The highest BCUT2D eigenvalue weighted by Crippen LogP contribution is 2.39. The lowest BCUT2D eigenvalue weighted by Crippen LogP contribution is -2.12. The number of hydrogen-bond acceptors (Lipinski definition) is 8. The second-order valence-electron chi connectivity index (χ2n) is 6.35. The number of methoxy groups -OCH3 is 1. The molecule has 4 aromatic rings. The van der Waals surface area contributed by atoms with Crippen LogP contribution in [0.3, 0.4) is 0 Å². The van der Waals surface area contributed by atoms with Crippen molar-refractivity contribution in [3.05, 3.63) is 55.1 Å². The molecule has 8 nitrogen and oxygen atoms in total. The Kier molecular flexibility index (Phi) is 4.94. The Morgan fingerprint density at radius 3 is 2.97 bits per heavy atom. The van der Waals surface area contributed by atoms with Crippen molar-refractivity contribution in [1.29, 1.82) is 0 Å². The third kappa shape index (κ3) is 3.38. The molecule has 1 atom stereocenters. The number of rotatable bonds is 6. The maximum absolute atomic E-state index is 5.49. The highest BCUT2D eigenvalue weighted by molar-refractivity contribution is 8.00. The summed E-state index contributed by atoms with van der Waals surface area (Å²) in [6, 6.07) is 12.0. The van der Waals surface area contributed by atoms with E-state index in [4.69, 9.17) is 4.74 Å². The first-order valence-corrected chi connectivity index (χ1v) is 11.0. The smallest absolute Gasteiger partial charge is 0.195 e. The molecule has 146 valence electrons. The normalized spacial score (nSPS) is 15.4. The summed E-state index contributed by atoms with van der Waals surface area (Å²) < 4.78 is 9.65. The number of para-hydroxylation sites is 2. The van der Waals surface area contributed by atoms with E-state index >= 15 is 0 Å². The van der Waals surface area contributed by atoms with Gasteiger partial charge in [0.15, 0.2) is 16.1 Å². The zero-order valence-electron chi connectivity index (χ0n) is 15.5. The van der Waals surface area contributed by atoms with Gasteiger partial charge >= 0.3 is 0 Å². The number of aromatic nitrogens is 7. The first-order valence-electron chi connectivity index (χ1n) is 8.99. The molecule has 5 rings (SSSR count). The average Bonchev–Trinajstić information content (AvgIpc) is 3.49. The monoisotopic (exact) mass is 423 g/mol. The lowest BCUT2D eigenvalue weighted by atomic mass is 10.2. The summed E-state index contributed by atoms with van der Waals surface area (Å²) in [7, 11) is 1.67. The van der Waals surface area contributed by atoms with Gasteiger partial charge in [0.25, 0.3) is 0 Å². The number of ether oxygens (including phenoxy) is 1. The summed E-state index contributed by atoms with van der Waals surface area (Å²) in [6.07, 6.45) is 5.30. The standard InChI is InChI=1S/C19H17N7OS2/c1-27-16-7-3-2-6-15(16)25-12-21-23-18(25)28-10-14-11-29-19-24-22-17(26(14)19)13-5-4-8-20-9-13/h2-9,12,14H,10-11H2,1H3. The summed E-state index contributed by atoms with van der Waals surface area (Å²) in [5.74, 6) is 3.42. The summed E-state index contributed by atoms with van der Waals surface area (Å²) in [5.41, 5.74) is 1.89. The van der Waals surface area contributed by atoms with E-state index in [0.29, 0.717) is 0 Å². The minimum Gasteiger partial charge on any atom is -0.495 e. The molecule has 0 amide bonds. The van der Waals surface area contributed by atoms with Gasteiger partial charge in [-0.3, -0.25) is 14.1 Å². The van der Waals surface area contributed by atoms with Crippen molar-refractivity contribution in [3.63, 3.8) is 0 Å². The molecule has 0 fully saturated rings.